The lowest BCUT2D eigenvalue weighted by Gasteiger charge is -2.31. The van der Waals surface area contributed by atoms with E-state index in [1.54, 1.807) is 0 Å². The highest BCUT2D eigenvalue weighted by molar-refractivity contribution is 9.09. The SMILES string of the molecule is O=C(C1COc2ccccc2O1)N1CCCC1CCCBr. The van der Waals surface area contributed by atoms with Crippen molar-refractivity contribution in [1.82, 2.24) is 4.90 Å². The van der Waals surface area contributed by atoms with Gasteiger partial charge in [-0.3, -0.25) is 4.79 Å². The molecular formula is C16H20BrNO3. The number of carbonyl (C=O) groups is 1. The predicted molar refractivity (Wildman–Crippen MR) is 84.1 cm³/mol. The number of para-hydroxylation sites is 2. The zero-order chi connectivity index (χ0) is 14.7. The molecule has 1 aromatic carbocycles. The van der Waals surface area contributed by atoms with E-state index in [0.717, 1.165) is 43.3 Å². The Morgan fingerprint density at radius 2 is 2.14 bits per heavy atom. The number of benzene rings is 1. The van der Waals surface area contributed by atoms with Gasteiger partial charge in [-0.15, -0.1) is 0 Å². The van der Waals surface area contributed by atoms with Crippen LogP contribution in [-0.2, 0) is 4.79 Å². The number of alkyl halides is 1. The molecule has 2 aliphatic rings. The van der Waals surface area contributed by atoms with Crippen molar-refractivity contribution >= 4 is 21.8 Å². The second-order valence-electron chi connectivity index (χ2n) is 5.52. The van der Waals surface area contributed by atoms with Crippen LogP contribution >= 0.6 is 15.9 Å². The highest BCUT2D eigenvalue weighted by Gasteiger charge is 2.36. The highest BCUT2D eigenvalue weighted by Crippen LogP contribution is 2.32. The number of fused-ring (bicyclic) bond motifs is 1. The van der Waals surface area contributed by atoms with Crippen LogP contribution in [0, 0.1) is 0 Å². The van der Waals surface area contributed by atoms with Gasteiger partial charge in [0.25, 0.3) is 5.91 Å². The monoisotopic (exact) mass is 353 g/mol. The van der Waals surface area contributed by atoms with Gasteiger partial charge >= 0.3 is 0 Å². The second-order valence-corrected chi connectivity index (χ2v) is 6.32. The molecule has 2 unspecified atom stereocenters. The first kappa shape index (κ1) is 14.7. The fourth-order valence-corrected chi connectivity index (χ4v) is 3.39. The minimum absolute atomic E-state index is 0.0709. The summed E-state index contributed by atoms with van der Waals surface area (Å²) in [5.74, 6) is 1.46. The van der Waals surface area contributed by atoms with Gasteiger partial charge in [0.05, 0.1) is 0 Å². The molecule has 0 N–H and O–H groups in total. The van der Waals surface area contributed by atoms with Crippen molar-refractivity contribution in [1.29, 1.82) is 0 Å². The Bertz CT molecular complexity index is 508. The largest absolute Gasteiger partial charge is 0.485 e. The second kappa shape index (κ2) is 6.69. The molecule has 1 fully saturated rings. The van der Waals surface area contributed by atoms with Crippen LogP contribution in [0.3, 0.4) is 0 Å². The Morgan fingerprint density at radius 1 is 1.33 bits per heavy atom. The van der Waals surface area contributed by atoms with Crippen LogP contribution in [0.4, 0.5) is 0 Å². The number of likely N-dealkylation sites (tertiary alicyclic amines) is 1. The van der Waals surface area contributed by atoms with Gasteiger partial charge in [-0.2, -0.15) is 0 Å². The summed E-state index contributed by atoms with van der Waals surface area (Å²) >= 11 is 3.46. The van der Waals surface area contributed by atoms with Gasteiger partial charge in [0.1, 0.15) is 6.61 Å². The van der Waals surface area contributed by atoms with Gasteiger partial charge in [0.2, 0.25) is 6.10 Å². The van der Waals surface area contributed by atoms with Gasteiger partial charge in [0.15, 0.2) is 11.5 Å². The van der Waals surface area contributed by atoms with Gasteiger partial charge in [-0.05, 0) is 37.8 Å². The highest BCUT2D eigenvalue weighted by atomic mass is 79.9. The standard InChI is InChI=1S/C16H20BrNO3/c17-9-3-5-12-6-4-10-18(12)16(19)15-11-20-13-7-1-2-8-14(13)21-15/h1-2,7-8,12,15H,3-6,9-11H2. The Kier molecular flexibility index (Phi) is 4.68. The number of nitrogens with zero attached hydrogens (tertiary/aromatic N) is 1. The maximum Gasteiger partial charge on any atom is 0.267 e. The first-order valence-corrected chi connectivity index (χ1v) is 8.66. The summed E-state index contributed by atoms with van der Waals surface area (Å²) in [7, 11) is 0. The molecule has 3 rings (SSSR count). The van der Waals surface area contributed by atoms with Gasteiger partial charge in [0, 0.05) is 17.9 Å². The van der Waals surface area contributed by atoms with Crippen molar-refractivity contribution < 1.29 is 14.3 Å². The van der Waals surface area contributed by atoms with Gasteiger partial charge in [-0.1, -0.05) is 28.1 Å². The first-order chi connectivity index (χ1) is 10.3. The van der Waals surface area contributed by atoms with Crippen LogP contribution in [0.25, 0.3) is 0 Å². The van der Waals surface area contributed by atoms with Crippen LogP contribution in [0.2, 0.25) is 0 Å². The van der Waals surface area contributed by atoms with Crippen molar-refractivity contribution in [2.75, 3.05) is 18.5 Å². The number of ether oxygens (including phenoxy) is 2. The van der Waals surface area contributed by atoms with Crippen LogP contribution in [0.1, 0.15) is 25.7 Å². The number of hydrogen-bond donors (Lipinski definition) is 0. The lowest BCUT2D eigenvalue weighted by Crippen LogP contribution is -2.48. The number of rotatable bonds is 4. The van der Waals surface area contributed by atoms with Gasteiger partial charge in [-0.25, -0.2) is 0 Å². The molecule has 0 spiro atoms. The van der Waals surface area contributed by atoms with Crippen LogP contribution in [0.5, 0.6) is 11.5 Å². The molecule has 1 aromatic rings. The normalized spacial score (nSPS) is 24.1. The van der Waals surface area contributed by atoms with Crippen molar-refractivity contribution in [3.05, 3.63) is 24.3 Å². The maximum atomic E-state index is 12.7. The lowest BCUT2D eigenvalue weighted by molar-refractivity contribution is -0.142. The molecule has 21 heavy (non-hydrogen) atoms. The molecule has 2 heterocycles. The molecule has 0 aromatic heterocycles. The van der Waals surface area contributed by atoms with Crippen molar-refractivity contribution in [2.24, 2.45) is 0 Å². The third kappa shape index (κ3) is 3.18. The summed E-state index contributed by atoms with van der Waals surface area (Å²) in [4.78, 5) is 14.7. The van der Waals surface area contributed by atoms with E-state index in [1.165, 1.54) is 0 Å². The van der Waals surface area contributed by atoms with Crippen LogP contribution in [0.15, 0.2) is 24.3 Å². The fourth-order valence-electron chi connectivity index (χ4n) is 3.06. The molecule has 0 saturated carbocycles. The molecule has 2 aliphatic heterocycles. The number of amides is 1. The topological polar surface area (TPSA) is 38.8 Å². The minimum atomic E-state index is -0.510. The van der Waals surface area contributed by atoms with E-state index < -0.39 is 6.10 Å². The molecule has 0 aliphatic carbocycles. The third-order valence-corrected chi connectivity index (χ3v) is 4.68. The number of halogens is 1. The number of carbonyl (C=O) groups excluding carboxylic acids is 1. The maximum absolute atomic E-state index is 12.7. The smallest absolute Gasteiger partial charge is 0.267 e. The summed E-state index contributed by atoms with van der Waals surface area (Å²) in [5, 5.41) is 0.988. The molecule has 114 valence electrons. The Balaban J connectivity index is 1.66. The van der Waals surface area contributed by atoms with E-state index in [4.69, 9.17) is 9.47 Å². The van der Waals surface area contributed by atoms with Crippen LogP contribution in [-0.4, -0.2) is 41.4 Å². The molecule has 0 radical (unpaired) electrons. The van der Waals surface area contributed by atoms with Crippen molar-refractivity contribution in [3.63, 3.8) is 0 Å². The third-order valence-electron chi connectivity index (χ3n) is 4.12. The van der Waals surface area contributed by atoms with Crippen molar-refractivity contribution in [2.45, 2.75) is 37.8 Å². The summed E-state index contributed by atoms with van der Waals surface area (Å²) in [5.41, 5.74) is 0. The fraction of sp³-hybridized carbons (Fsp3) is 0.562. The summed E-state index contributed by atoms with van der Waals surface area (Å²) < 4.78 is 11.5. The Labute approximate surface area is 133 Å². The summed E-state index contributed by atoms with van der Waals surface area (Å²) in [6.45, 7) is 1.14. The Hall–Kier alpha value is -1.23. The Morgan fingerprint density at radius 3 is 2.95 bits per heavy atom. The molecule has 4 nitrogen and oxygen atoms in total. The van der Waals surface area contributed by atoms with E-state index in [9.17, 15) is 4.79 Å². The first-order valence-electron chi connectivity index (χ1n) is 7.54. The van der Waals surface area contributed by atoms with Gasteiger partial charge < -0.3 is 14.4 Å². The van der Waals surface area contributed by atoms with E-state index in [-0.39, 0.29) is 5.91 Å². The average molecular weight is 354 g/mol. The molecule has 1 amide bonds. The molecule has 5 heteroatoms. The quantitative estimate of drug-likeness (QED) is 0.781. The number of hydrogen-bond acceptors (Lipinski definition) is 3. The average Bonchev–Trinajstić information content (AvgIpc) is 3.00. The molecular weight excluding hydrogens is 334 g/mol. The molecule has 2 atom stereocenters. The van der Waals surface area contributed by atoms with E-state index in [2.05, 4.69) is 15.9 Å². The molecule has 0 bridgehead atoms. The lowest BCUT2D eigenvalue weighted by atomic mass is 10.1. The van der Waals surface area contributed by atoms with Crippen molar-refractivity contribution in [3.8, 4) is 11.5 Å². The zero-order valence-electron chi connectivity index (χ0n) is 12.0. The summed E-state index contributed by atoms with van der Waals surface area (Å²) in [6.07, 6.45) is 3.83. The van der Waals surface area contributed by atoms with E-state index in [1.807, 2.05) is 29.2 Å². The minimum Gasteiger partial charge on any atom is -0.485 e. The van der Waals surface area contributed by atoms with Crippen LogP contribution < -0.4 is 9.47 Å². The predicted octanol–water partition coefficient (Wildman–Crippen LogP) is 2.99. The van der Waals surface area contributed by atoms with E-state index >= 15 is 0 Å². The molecule has 1 saturated heterocycles. The van der Waals surface area contributed by atoms with E-state index in [0.29, 0.717) is 18.4 Å². The zero-order valence-corrected chi connectivity index (χ0v) is 13.5. The summed E-state index contributed by atoms with van der Waals surface area (Å²) in [6, 6.07) is 7.87.